The maximum absolute atomic E-state index is 11.8. The van der Waals surface area contributed by atoms with Gasteiger partial charge < -0.3 is 10.6 Å². The van der Waals surface area contributed by atoms with E-state index in [4.69, 9.17) is 0 Å². The van der Waals surface area contributed by atoms with E-state index in [2.05, 4.69) is 33.0 Å². The Morgan fingerprint density at radius 3 is 2.77 bits per heavy atom. The molecule has 118 valence electrons. The van der Waals surface area contributed by atoms with Gasteiger partial charge in [0.25, 0.3) is 0 Å². The lowest BCUT2D eigenvalue weighted by molar-refractivity contribution is -0.118. The molecule has 1 aromatic heterocycles. The molecule has 0 aliphatic rings. The van der Waals surface area contributed by atoms with E-state index >= 15 is 0 Å². The molecular weight excluding hydrogens is 316 g/mol. The second-order valence-corrected chi connectivity index (χ2v) is 7.25. The number of carbonyl (C=O) groups excluding carboxylic acids is 1. The Kier molecular flexibility index (Phi) is 6.67. The van der Waals surface area contributed by atoms with Gasteiger partial charge in [-0.2, -0.15) is 0 Å². The Balaban J connectivity index is 1.66. The molecule has 0 unspecified atom stereocenters. The van der Waals surface area contributed by atoms with E-state index < -0.39 is 0 Å². The van der Waals surface area contributed by atoms with Crippen molar-refractivity contribution in [3.63, 3.8) is 0 Å². The zero-order chi connectivity index (χ0) is 15.8. The maximum Gasteiger partial charge on any atom is 0.230 e. The van der Waals surface area contributed by atoms with Crippen molar-refractivity contribution >= 4 is 34.1 Å². The molecule has 2 aromatic rings. The van der Waals surface area contributed by atoms with Crippen molar-refractivity contribution in [1.82, 2.24) is 15.5 Å². The maximum atomic E-state index is 11.8. The molecule has 2 rings (SSSR count). The number of benzene rings is 1. The lowest BCUT2D eigenvalue weighted by Crippen LogP contribution is -2.27. The van der Waals surface area contributed by atoms with Crippen LogP contribution < -0.4 is 10.6 Å². The van der Waals surface area contributed by atoms with Crippen LogP contribution in [0.25, 0.3) is 0 Å². The number of aromatic nitrogens is 2. The SMILES string of the molecule is CC(C)Nc1nnc(SCC(=O)NCCc2ccccc2)s1. The van der Waals surface area contributed by atoms with Crippen LogP contribution in [0.1, 0.15) is 19.4 Å². The average molecular weight is 336 g/mol. The third kappa shape index (κ3) is 6.03. The van der Waals surface area contributed by atoms with Crippen LogP contribution >= 0.6 is 23.1 Å². The molecule has 0 atom stereocenters. The standard InChI is InChI=1S/C15H20N4OS2/c1-11(2)17-14-18-19-15(22-14)21-10-13(20)16-9-8-12-6-4-3-5-7-12/h3-7,11H,8-10H2,1-2H3,(H,16,20)(H,17,18). The zero-order valence-electron chi connectivity index (χ0n) is 12.7. The second-order valence-electron chi connectivity index (χ2n) is 5.05. The molecule has 0 spiro atoms. The molecule has 1 aromatic carbocycles. The molecule has 0 aliphatic carbocycles. The molecule has 0 saturated heterocycles. The number of thioether (sulfide) groups is 1. The largest absolute Gasteiger partial charge is 0.358 e. The first-order valence-electron chi connectivity index (χ1n) is 7.17. The second kappa shape index (κ2) is 8.75. The Bertz CT molecular complexity index is 586. The lowest BCUT2D eigenvalue weighted by atomic mass is 10.1. The summed E-state index contributed by atoms with van der Waals surface area (Å²) < 4.78 is 0.807. The van der Waals surface area contributed by atoms with Crippen LogP contribution in [0.4, 0.5) is 5.13 Å². The van der Waals surface area contributed by atoms with E-state index in [0.717, 1.165) is 15.9 Å². The van der Waals surface area contributed by atoms with E-state index in [1.807, 2.05) is 32.0 Å². The molecule has 0 radical (unpaired) electrons. The summed E-state index contributed by atoms with van der Waals surface area (Å²) in [6.45, 7) is 4.75. The smallest absolute Gasteiger partial charge is 0.230 e. The van der Waals surface area contributed by atoms with Crippen LogP contribution in [0.3, 0.4) is 0 Å². The average Bonchev–Trinajstić information content (AvgIpc) is 2.93. The zero-order valence-corrected chi connectivity index (χ0v) is 14.3. The van der Waals surface area contributed by atoms with Gasteiger partial charge >= 0.3 is 0 Å². The highest BCUT2D eigenvalue weighted by atomic mass is 32.2. The number of hydrogen-bond acceptors (Lipinski definition) is 6. The molecular formula is C15H20N4OS2. The van der Waals surface area contributed by atoms with Crippen LogP contribution in [0.5, 0.6) is 0 Å². The van der Waals surface area contributed by atoms with E-state index in [1.54, 1.807) is 0 Å². The topological polar surface area (TPSA) is 66.9 Å². The van der Waals surface area contributed by atoms with Crippen molar-refractivity contribution in [1.29, 1.82) is 0 Å². The number of nitrogens with zero attached hydrogens (tertiary/aromatic N) is 2. The Hall–Kier alpha value is -1.60. The molecule has 5 nitrogen and oxygen atoms in total. The molecule has 1 heterocycles. The third-order valence-electron chi connectivity index (χ3n) is 2.72. The number of carbonyl (C=O) groups is 1. The van der Waals surface area contributed by atoms with E-state index in [0.29, 0.717) is 18.3 Å². The van der Waals surface area contributed by atoms with Gasteiger partial charge in [-0.1, -0.05) is 53.4 Å². The van der Waals surface area contributed by atoms with Crippen molar-refractivity contribution in [2.75, 3.05) is 17.6 Å². The van der Waals surface area contributed by atoms with Crippen LogP contribution in [-0.4, -0.2) is 34.4 Å². The minimum atomic E-state index is 0.0227. The van der Waals surface area contributed by atoms with Gasteiger partial charge in [0.05, 0.1) is 5.75 Å². The van der Waals surface area contributed by atoms with Gasteiger partial charge in [0, 0.05) is 12.6 Å². The fraction of sp³-hybridized carbons (Fsp3) is 0.400. The van der Waals surface area contributed by atoms with E-state index in [-0.39, 0.29) is 5.91 Å². The molecule has 0 aliphatic heterocycles. The van der Waals surface area contributed by atoms with Gasteiger partial charge in [-0.15, -0.1) is 10.2 Å². The van der Waals surface area contributed by atoms with Crippen LogP contribution in [0, 0.1) is 0 Å². The summed E-state index contributed by atoms with van der Waals surface area (Å²) in [7, 11) is 0. The first kappa shape index (κ1) is 16.8. The molecule has 7 heteroatoms. The van der Waals surface area contributed by atoms with Crippen molar-refractivity contribution in [2.24, 2.45) is 0 Å². The van der Waals surface area contributed by atoms with Crippen LogP contribution in [0.2, 0.25) is 0 Å². The van der Waals surface area contributed by atoms with Gasteiger partial charge in [0.15, 0.2) is 4.34 Å². The predicted molar refractivity (Wildman–Crippen MR) is 92.5 cm³/mol. The summed E-state index contributed by atoms with van der Waals surface area (Å²) in [6.07, 6.45) is 0.846. The summed E-state index contributed by atoms with van der Waals surface area (Å²) in [5.74, 6) is 0.389. The highest BCUT2D eigenvalue weighted by molar-refractivity contribution is 8.01. The van der Waals surface area contributed by atoms with Gasteiger partial charge in [0.1, 0.15) is 0 Å². The fourth-order valence-electron chi connectivity index (χ4n) is 1.74. The van der Waals surface area contributed by atoms with Gasteiger partial charge in [0.2, 0.25) is 11.0 Å². The molecule has 0 saturated carbocycles. The minimum Gasteiger partial charge on any atom is -0.358 e. The highest BCUT2D eigenvalue weighted by Crippen LogP contribution is 2.25. The number of anilines is 1. The van der Waals surface area contributed by atoms with E-state index in [1.165, 1.54) is 28.7 Å². The van der Waals surface area contributed by atoms with Crippen molar-refractivity contribution in [3.05, 3.63) is 35.9 Å². The quantitative estimate of drug-likeness (QED) is 0.726. The summed E-state index contributed by atoms with van der Waals surface area (Å²) >= 11 is 2.89. The first-order chi connectivity index (χ1) is 10.6. The van der Waals surface area contributed by atoms with Crippen LogP contribution in [0.15, 0.2) is 34.7 Å². The summed E-state index contributed by atoms with van der Waals surface area (Å²) in [6, 6.07) is 10.4. The minimum absolute atomic E-state index is 0.0227. The summed E-state index contributed by atoms with van der Waals surface area (Å²) in [4.78, 5) is 11.8. The Morgan fingerprint density at radius 1 is 1.27 bits per heavy atom. The van der Waals surface area contributed by atoms with Gasteiger partial charge in [-0.05, 0) is 25.8 Å². The highest BCUT2D eigenvalue weighted by Gasteiger charge is 2.08. The normalized spacial score (nSPS) is 10.7. The first-order valence-corrected chi connectivity index (χ1v) is 8.97. The number of nitrogens with one attached hydrogen (secondary N) is 2. The Morgan fingerprint density at radius 2 is 2.05 bits per heavy atom. The summed E-state index contributed by atoms with van der Waals surface area (Å²) in [5.41, 5.74) is 1.23. The third-order valence-corrected chi connectivity index (χ3v) is 4.71. The Labute approximate surface area is 138 Å². The number of amides is 1. The molecule has 0 bridgehead atoms. The van der Waals surface area contributed by atoms with E-state index in [9.17, 15) is 4.79 Å². The van der Waals surface area contributed by atoms with Crippen molar-refractivity contribution in [2.45, 2.75) is 30.6 Å². The molecule has 22 heavy (non-hydrogen) atoms. The summed E-state index contributed by atoms with van der Waals surface area (Å²) in [5, 5.41) is 15.0. The van der Waals surface area contributed by atoms with Gasteiger partial charge in [-0.3, -0.25) is 4.79 Å². The predicted octanol–water partition coefficient (Wildman–Crippen LogP) is 2.81. The lowest BCUT2D eigenvalue weighted by Gasteiger charge is -2.04. The number of hydrogen-bond donors (Lipinski definition) is 2. The fourth-order valence-corrected chi connectivity index (χ4v) is 3.47. The van der Waals surface area contributed by atoms with Crippen molar-refractivity contribution in [3.8, 4) is 0 Å². The van der Waals surface area contributed by atoms with Crippen LogP contribution in [-0.2, 0) is 11.2 Å². The monoisotopic (exact) mass is 336 g/mol. The van der Waals surface area contributed by atoms with Crippen molar-refractivity contribution < 1.29 is 4.79 Å². The number of rotatable bonds is 8. The molecule has 0 fully saturated rings. The molecule has 2 N–H and O–H groups in total. The molecule has 1 amide bonds. The van der Waals surface area contributed by atoms with Gasteiger partial charge in [-0.25, -0.2) is 0 Å².